The van der Waals surface area contributed by atoms with Crippen molar-refractivity contribution in [3.8, 4) is 29.1 Å². The van der Waals surface area contributed by atoms with Gasteiger partial charge < -0.3 is 25.6 Å². The van der Waals surface area contributed by atoms with Crippen LogP contribution in [0.1, 0.15) is 31.2 Å². The molecule has 7 rings (SSSR count). The Morgan fingerprint density at radius 2 is 2.16 bits per heavy atom. The fourth-order valence-corrected chi connectivity index (χ4v) is 8.12. The van der Waals surface area contributed by atoms with Crippen molar-refractivity contribution in [2.24, 2.45) is 0 Å². The first-order valence-electron chi connectivity index (χ1n) is 14.3. The summed E-state index contributed by atoms with van der Waals surface area (Å²) in [6.07, 6.45) is 1.18. The second kappa shape index (κ2) is 11.2. The highest BCUT2D eigenvalue weighted by molar-refractivity contribution is 7.23. The topological polar surface area (TPSA) is 130 Å². The molecule has 0 saturated carbocycles. The maximum absolute atomic E-state index is 16.7. The van der Waals surface area contributed by atoms with Gasteiger partial charge in [-0.25, -0.2) is 13.2 Å². The number of nitrogen functional groups attached to an aromatic ring is 1. The minimum atomic E-state index is -0.955. The second-order valence-electron chi connectivity index (χ2n) is 11.6. The van der Waals surface area contributed by atoms with Gasteiger partial charge >= 0.3 is 6.01 Å². The maximum atomic E-state index is 16.7. The molecule has 4 N–H and O–H groups in total. The molecule has 5 heterocycles. The van der Waals surface area contributed by atoms with E-state index in [0.717, 1.165) is 30.7 Å². The molecule has 3 aliphatic heterocycles. The van der Waals surface area contributed by atoms with Crippen LogP contribution in [0.3, 0.4) is 0 Å². The van der Waals surface area contributed by atoms with E-state index in [1.165, 1.54) is 18.2 Å². The number of rotatable bonds is 7. The summed E-state index contributed by atoms with van der Waals surface area (Å²) in [5.74, 6) is -1.39. The van der Waals surface area contributed by atoms with Crippen LogP contribution in [0.2, 0.25) is 5.02 Å². The van der Waals surface area contributed by atoms with Gasteiger partial charge in [-0.2, -0.15) is 15.2 Å². The summed E-state index contributed by atoms with van der Waals surface area (Å²) in [5.41, 5.74) is 5.50. The Labute approximate surface area is 259 Å². The second-order valence-corrected chi connectivity index (χ2v) is 13.1. The maximum Gasteiger partial charge on any atom is 0.320 e. The predicted molar refractivity (Wildman–Crippen MR) is 161 cm³/mol. The molecule has 2 aromatic carbocycles. The standard InChI is InChI=1S/C30H28ClF3N6O3S/c31-20-7-18-25(24(34)23(20)17-2-3-21(33)26-22(17)19(9-35)27(36)44-26)38-29(39-28(18)43-16-6-15(12-41)37-10-16)42-13-30-4-1-5-40(30)11-14(32)8-30/h2-3,7,14-16,37,41H,1,4-6,8,10-13,36H2. The van der Waals surface area contributed by atoms with Gasteiger partial charge in [-0.05, 0) is 37.1 Å². The van der Waals surface area contributed by atoms with Crippen LogP contribution in [0.25, 0.3) is 32.1 Å². The summed E-state index contributed by atoms with van der Waals surface area (Å²) in [6.45, 7) is 1.60. The number of hydrogen-bond donors (Lipinski definition) is 3. The zero-order valence-electron chi connectivity index (χ0n) is 23.4. The number of aromatic nitrogens is 2. The Morgan fingerprint density at radius 1 is 1.32 bits per heavy atom. The van der Waals surface area contributed by atoms with Crippen LogP contribution >= 0.6 is 22.9 Å². The Kier molecular flexibility index (Phi) is 7.45. The third-order valence-corrected chi connectivity index (χ3v) is 10.3. The first-order valence-corrected chi connectivity index (χ1v) is 15.5. The van der Waals surface area contributed by atoms with Crippen LogP contribution in [-0.4, -0.2) is 76.7 Å². The molecule has 0 aliphatic carbocycles. The average Bonchev–Trinajstić information content (AvgIpc) is 3.76. The smallest absolute Gasteiger partial charge is 0.320 e. The number of nitrogens with two attached hydrogens (primary N) is 1. The highest BCUT2D eigenvalue weighted by atomic mass is 35.5. The summed E-state index contributed by atoms with van der Waals surface area (Å²) in [6, 6.07) is 5.70. The largest absolute Gasteiger partial charge is 0.472 e. The lowest BCUT2D eigenvalue weighted by atomic mass is 9.95. The van der Waals surface area contributed by atoms with Gasteiger partial charge in [-0.1, -0.05) is 17.7 Å². The molecule has 230 valence electrons. The lowest BCUT2D eigenvalue weighted by Gasteiger charge is -2.30. The molecular weight excluding hydrogens is 617 g/mol. The number of benzene rings is 2. The number of fused-ring (bicyclic) bond motifs is 3. The summed E-state index contributed by atoms with van der Waals surface area (Å²) in [5, 5.41) is 22.9. The van der Waals surface area contributed by atoms with Crippen LogP contribution < -0.4 is 20.5 Å². The minimum absolute atomic E-state index is 0.0288. The third-order valence-electron chi connectivity index (χ3n) is 8.94. The zero-order chi connectivity index (χ0) is 30.7. The minimum Gasteiger partial charge on any atom is -0.472 e. The van der Waals surface area contributed by atoms with Gasteiger partial charge in [0.15, 0.2) is 5.82 Å². The normalized spacial score (nSPS) is 25.1. The monoisotopic (exact) mass is 644 g/mol. The average molecular weight is 645 g/mol. The molecule has 3 saturated heterocycles. The molecule has 3 fully saturated rings. The molecular formula is C30H28ClF3N6O3S. The Bertz CT molecular complexity index is 1840. The molecule has 2 aromatic heterocycles. The van der Waals surface area contributed by atoms with Crippen molar-refractivity contribution < 1.29 is 27.8 Å². The lowest BCUT2D eigenvalue weighted by Crippen LogP contribution is -2.43. The molecule has 4 aromatic rings. The van der Waals surface area contributed by atoms with Crippen LogP contribution in [0.4, 0.5) is 18.2 Å². The van der Waals surface area contributed by atoms with E-state index in [9.17, 15) is 19.1 Å². The molecule has 14 heteroatoms. The molecule has 44 heavy (non-hydrogen) atoms. The van der Waals surface area contributed by atoms with Gasteiger partial charge in [0.25, 0.3) is 0 Å². The molecule has 9 nitrogen and oxygen atoms in total. The van der Waals surface area contributed by atoms with Gasteiger partial charge in [0, 0.05) is 42.9 Å². The van der Waals surface area contributed by atoms with Crippen LogP contribution in [0, 0.1) is 23.0 Å². The van der Waals surface area contributed by atoms with Crippen molar-refractivity contribution in [2.75, 3.05) is 38.6 Å². The molecule has 0 spiro atoms. The number of nitrogens with zero attached hydrogens (tertiary/aromatic N) is 4. The van der Waals surface area contributed by atoms with Crippen LogP contribution in [0.5, 0.6) is 11.9 Å². The fraction of sp³-hybridized carbons (Fsp3) is 0.433. The van der Waals surface area contributed by atoms with E-state index in [1.807, 2.05) is 6.07 Å². The summed E-state index contributed by atoms with van der Waals surface area (Å²) >= 11 is 7.61. The Hall–Kier alpha value is -3.41. The van der Waals surface area contributed by atoms with Crippen LogP contribution in [0.15, 0.2) is 18.2 Å². The van der Waals surface area contributed by atoms with E-state index in [1.54, 1.807) is 0 Å². The number of nitrogens with one attached hydrogen (secondary N) is 1. The molecule has 0 amide bonds. The molecule has 4 unspecified atom stereocenters. The van der Waals surface area contributed by atoms with E-state index in [-0.39, 0.29) is 85.0 Å². The molecule has 3 aliphatic rings. The zero-order valence-corrected chi connectivity index (χ0v) is 25.0. The van der Waals surface area contributed by atoms with Gasteiger partial charge in [0.2, 0.25) is 5.88 Å². The number of alkyl halides is 1. The van der Waals surface area contributed by atoms with Gasteiger partial charge in [0.1, 0.15) is 41.3 Å². The number of nitriles is 1. The van der Waals surface area contributed by atoms with Crippen molar-refractivity contribution in [3.05, 3.63) is 40.4 Å². The fourth-order valence-electron chi connectivity index (χ4n) is 6.88. The number of thiophene rings is 1. The number of ether oxygens (including phenoxy) is 2. The van der Waals surface area contributed by atoms with E-state index in [0.29, 0.717) is 25.9 Å². The number of anilines is 1. The first-order chi connectivity index (χ1) is 21.2. The number of halogens is 4. The predicted octanol–water partition coefficient (Wildman–Crippen LogP) is 4.95. The van der Waals surface area contributed by atoms with Crippen LogP contribution in [-0.2, 0) is 0 Å². The number of hydrogen-bond acceptors (Lipinski definition) is 10. The van der Waals surface area contributed by atoms with Gasteiger partial charge in [-0.15, -0.1) is 11.3 Å². The third kappa shape index (κ3) is 4.80. The van der Waals surface area contributed by atoms with E-state index >= 15 is 4.39 Å². The quantitative estimate of drug-likeness (QED) is 0.256. The van der Waals surface area contributed by atoms with Crippen molar-refractivity contribution in [1.82, 2.24) is 20.2 Å². The van der Waals surface area contributed by atoms with Crippen molar-refractivity contribution in [3.63, 3.8) is 0 Å². The van der Waals surface area contributed by atoms with Crippen molar-refractivity contribution in [2.45, 2.75) is 49.5 Å². The summed E-state index contributed by atoms with van der Waals surface area (Å²) < 4.78 is 58.2. The first kappa shape index (κ1) is 29.3. The van der Waals surface area contributed by atoms with Crippen molar-refractivity contribution >= 4 is 48.9 Å². The Balaban J connectivity index is 1.36. The van der Waals surface area contributed by atoms with Gasteiger partial charge in [0.05, 0.1) is 32.8 Å². The highest BCUT2D eigenvalue weighted by Gasteiger charge is 2.49. The van der Waals surface area contributed by atoms with E-state index in [2.05, 4.69) is 20.2 Å². The van der Waals surface area contributed by atoms with E-state index in [4.69, 9.17) is 26.8 Å². The molecule has 4 atom stereocenters. The Morgan fingerprint density at radius 3 is 2.93 bits per heavy atom. The molecule has 0 radical (unpaired) electrons. The lowest BCUT2D eigenvalue weighted by molar-refractivity contribution is 0.106. The van der Waals surface area contributed by atoms with Crippen molar-refractivity contribution in [1.29, 1.82) is 5.26 Å². The van der Waals surface area contributed by atoms with Gasteiger partial charge in [-0.3, -0.25) is 4.90 Å². The summed E-state index contributed by atoms with van der Waals surface area (Å²) in [7, 11) is 0. The highest BCUT2D eigenvalue weighted by Crippen LogP contribution is 2.46. The number of aliphatic hydroxyl groups excluding tert-OH is 1. The summed E-state index contributed by atoms with van der Waals surface area (Å²) in [4.78, 5) is 11.0. The van der Waals surface area contributed by atoms with E-state index < -0.39 is 23.3 Å². The number of aliphatic hydroxyl groups is 1. The molecule has 0 bridgehead atoms. The SMILES string of the molecule is N#Cc1c(N)sc2c(F)ccc(-c3c(Cl)cc4c(OC5CNC(CO)C5)nc(OCC56CCCN5CC(F)C6)nc4c3F)c12.